The highest BCUT2D eigenvalue weighted by Gasteiger charge is 2.16. The summed E-state index contributed by atoms with van der Waals surface area (Å²) in [5.41, 5.74) is 0.683. The minimum atomic E-state index is -0.0132. The van der Waals surface area contributed by atoms with Crippen LogP contribution in [0.25, 0.3) is 11.0 Å². The van der Waals surface area contributed by atoms with Crippen LogP contribution in [0.15, 0.2) is 17.6 Å². The van der Waals surface area contributed by atoms with Crippen molar-refractivity contribution in [2.75, 3.05) is 18.9 Å². The summed E-state index contributed by atoms with van der Waals surface area (Å²) < 4.78 is 5.46. The van der Waals surface area contributed by atoms with Gasteiger partial charge < -0.3 is 10.1 Å². The molecular weight excluding hydrogens is 278 g/mol. The predicted octanol–water partition coefficient (Wildman–Crippen LogP) is 0.740. The molecule has 20 heavy (non-hydrogen) atoms. The van der Waals surface area contributed by atoms with Gasteiger partial charge in [0.1, 0.15) is 11.4 Å². The Balaban J connectivity index is 1.51. The highest BCUT2D eigenvalue weighted by molar-refractivity contribution is 8.00. The van der Waals surface area contributed by atoms with Crippen LogP contribution in [0, 0.1) is 0 Å². The summed E-state index contributed by atoms with van der Waals surface area (Å²) in [6.07, 6.45) is 5.40. The van der Waals surface area contributed by atoms with Crippen LogP contribution >= 0.6 is 11.8 Å². The van der Waals surface area contributed by atoms with Gasteiger partial charge in [-0.1, -0.05) is 11.8 Å². The number of amides is 1. The van der Waals surface area contributed by atoms with E-state index >= 15 is 0 Å². The number of nitrogens with zero attached hydrogens (tertiary/aromatic N) is 3. The lowest BCUT2D eigenvalue weighted by Gasteiger charge is -2.10. The fourth-order valence-corrected chi connectivity index (χ4v) is 2.87. The number of hydrogen-bond donors (Lipinski definition) is 2. The first-order valence-electron chi connectivity index (χ1n) is 6.48. The largest absolute Gasteiger partial charge is 0.376 e. The van der Waals surface area contributed by atoms with E-state index in [1.165, 1.54) is 18.1 Å². The van der Waals surface area contributed by atoms with E-state index in [1.54, 1.807) is 6.20 Å². The van der Waals surface area contributed by atoms with Gasteiger partial charge in [-0.05, 0) is 12.8 Å². The van der Waals surface area contributed by atoms with Gasteiger partial charge in [-0.15, -0.1) is 0 Å². The molecule has 1 aliphatic rings. The molecule has 1 atom stereocenters. The van der Waals surface area contributed by atoms with E-state index in [9.17, 15) is 4.79 Å². The minimum absolute atomic E-state index is 0.0132. The van der Waals surface area contributed by atoms with Crippen molar-refractivity contribution in [3.63, 3.8) is 0 Å². The summed E-state index contributed by atoms with van der Waals surface area (Å²) >= 11 is 1.38. The van der Waals surface area contributed by atoms with Gasteiger partial charge in [0.15, 0.2) is 5.65 Å². The lowest BCUT2D eigenvalue weighted by molar-refractivity contribution is -0.119. The summed E-state index contributed by atoms with van der Waals surface area (Å²) in [6.45, 7) is 1.39. The average molecular weight is 293 g/mol. The van der Waals surface area contributed by atoms with Crippen LogP contribution < -0.4 is 5.32 Å². The number of nitrogens with one attached hydrogen (secondary N) is 2. The van der Waals surface area contributed by atoms with Gasteiger partial charge in [0.2, 0.25) is 5.91 Å². The Hall–Kier alpha value is -1.67. The molecule has 0 aromatic carbocycles. The lowest BCUT2D eigenvalue weighted by atomic mass is 10.2. The van der Waals surface area contributed by atoms with Gasteiger partial charge >= 0.3 is 0 Å². The molecule has 1 aliphatic heterocycles. The lowest BCUT2D eigenvalue weighted by Crippen LogP contribution is -2.32. The number of aromatic amines is 1. The molecule has 3 heterocycles. The number of fused-ring (bicyclic) bond motifs is 1. The Labute approximate surface area is 119 Å². The highest BCUT2D eigenvalue weighted by atomic mass is 32.2. The van der Waals surface area contributed by atoms with E-state index in [4.69, 9.17) is 4.74 Å². The van der Waals surface area contributed by atoms with Gasteiger partial charge in [-0.25, -0.2) is 9.97 Å². The molecule has 1 saturated heterocycles. The number of ether oxygens (including phenoxy) is 1. The quantitative estimate of drug-likeness (QED) is 0.624. The average Bonchev–Trinajstić information content (AvgIpc) is 3.13. The summed E-state index contributed by atoms with van der Waals surface area (Å²) in [6, 6.07) is 0. The second kappa shape index (κ2) is 6.19. The number of carbonyl (C=O) groups excluding carboxylic acids is 1. The molecule has 0 saturated carbocycles. The van der Waals surface area contributed by atoms with E-state index in [0.29, 0.717) is 17.9 Å². The number of carbonyl (C=O) groups is 1. The van der Waals surface area contributed by atoms with Crippen LogP contribution in [0.4, 0.5) is 0 Å². The van der Waals surface area contributed by atoms with E-state index in [1.807, 2.05) is 0 Å². The van der Waals surface area contributed by atoms with E-state index in [0.717, 1.165) is 29.9 Å². The third-order valence-corrected chi connectivity index (χ3v) is 4.11. The topological polar surface area (TPSA) is 92.8 Å². The third-order valence-electron chi connectivity index (χ3n) is 3.10. The van der Waals surface area contributed by atoms with Crippen LogP contribution in [-0.4, -0.2) is 51.1 Å². The molecule has 3 rings (SSSR count). The molecule has 2 aromatic heterocycles. The predicted molar refractivity (Wildman–Crippen MR) is 74.4 cm³/mol. The Kier molecular flexibility index (Phi) is 4.12. The van der Waals surface area contributed by atoms with Crippen molar-refractivity contribution in [2.45, 2.75) is 24.0 Å². The Morgan fingerprint density at radius 2 is 2.50 bits per heavy atom. The molecule has 106 valence electrons. The minimum Gasteiger partial charge on any atom is -0.376 e. The maximum Gasteiger partial charge on any atom is 0.230 e. The molecule has 1 fully saturated rings. The van der Waals surface area contributed by atoms with Crippen molar-refractivity contribution in [1.82, 2.24) is 25.5 Å². The number of thioether (sulfide) groups is 1. The summed E-state index contributed by atoms with van der Waals surface area (Å²) in [7, 11) is 0. The third kappa shape index (κ3) is 3.07. The Bertz CT molecular complexity index is 596. The van der Waals surface area contributed by atoms with Crippen molar-refractivity contribution in [1.29, 1.82) is 0 Å². The van der Waals surface area contributed by atoms with Crippen molar-refractivity contribution in [2.24, 2.45) is 0 Å². The van der Waals surface area contributed by atoms with E-state index < -0.39 is 0 Å². The van der Waals surface area contributed by atoms with Gasteiger partial charge in [0, 0.05) is 13.2 Å². The van der Waals surface area contributed by atoms with Crippen LogP contribution in [0.3, 0.4) is 0 Å². The molecule has 2 aromatic rings. The molecule has 0 bridgehead atoms. The number of rotatable bonds is 5. The van der Waals surface area contributed by atoms with Gasteiger partial charge in [-0.2, -0.15) is 5.10 Å². The zero-order chi connectivity index (χ0) is 13.8. The number of hydrogen-bond acceptors (Lipinski definition) is 6. The normalized spacial score (nSPS) is 18.5. The van der Waals surface area contributed by atoms with E-state index in [-0.39, 0.29) is 12.0 Å². The van der Waals surface area contributed by atoms with Crippen LogP contribution in [0.5, 0.6) is 0 Å². The molecule has 2 N–H and O–H groups in total. The second-order valence-corrected chi connectivity index (χ2v) is 5.50. The highest BCUT2D eigenvalue weighted by Crippen LogP contribution is 2.22. The zero-order valence-electron chi connectivity index (χ0n) is 10.8. The molecule has 1 amide bonds. The fraction of sp³-hybridized carbons (Fsp3) is 0.500. The summed E-state index contributed by atoms with van der Waals surface area (Å²) in [5, 5.41) is 11.2. The first-order chi connectivity index (χ1) is 9.83. The zero-order valence-corrected chi connectivity index (χ0v) is 11.7. The van der Waals surface area contributed by atoms with Gasteiger partial charge in [-0.3, -0.25) is 9.89 Å². The van der Waals surface area contributed by atoms with Crippen molar-refractivity contribution < 1.29 is 9.53 Å². The Morgan fingerprint density at radius 3 is 3.35 bits per heavy atom. The van der Waals surface area contributed by atoms with Crippen LogP contribution in [0.1, 0.15) is 12.8 Å². The first kappa shape index (κ1) is 13.3. The molecule has 0 aliphatic carbocycles. The van der Waals surface area contributed by atoms with Crippen LogP contribution in [-0.2, 0) is 9.53 Å². The maximum absolute atomic E-state index is 11.8. The maximum atomic E-state index is 11.8. The van der Waals surface area contributed by atoms with Gasteiger partial charge in [0.05, 0.1) is 23.4 Å². The monoisotopic (exact) mass is 293 g/mol. The number of H-pyrrole nitrogens is 1. The SMILES string of the molecule is O=C(CSc1ncnc2[nH]ncc12)NCC1CCCO1. The molecule has 7 nitrogen and oxygen atoms in total. The summed E-state index contributed by atoms with van der Waals surface area (Å²) in [5.74, 6) is 0.310. The van der Waals surface area contributed by atoms with Crippen molar-refractivity contribution in [3.8, 4) is 0 Å². The van der Waals surface area contributed by atoms with Crippen molar-refractivity contribution in [3.05, 3.63) is 12.5 Å². The molecule has 0 radical (unpaired) electrons. The smallest absolute Gasteiger partial charge is 0.230 e. The molecule has 0 spiro atoms. The number of aromatic nitrogens is 4. The van der Waals surface area contributed by atoms with Gasteiger partial charge in [0.25, 0.3) is 0 Å². The van der Waals surface area contributed by atoms with E-state index in [2.05, 4.69) is 25.5 Å². The fourth-order valence-electron chi connectivity index (χ4n) is 2.08. The molecule has 8 heteroatoms. The van der Waals surface area contributed by atoms with Crippen molar-refractivity contribution >= 4 is 28.7 Å². The standard InChI is InChI=1S/C12H15N5O2S/c18-10(13-4-8-2-1-3-19-8)6-20-12-9-5-16-17-11(9)14-7-15-12/h5,7-8H,1-4,6H2,(H,13,18)(H,14,15,16,17). The molecular formula is C12H15N5O2S. The Morgan fingerprint density at radius 1 is 1.55 bits per heavy atom. The van der Waals surface area contributed by atoms with Crippen LogP contribution in [0.2, 0.25) is 0 Å². The second-order valence-electron chi connectivity index (χ2n) is 4.54. The molecule has 1 unspecified atom stereocenters. The first-order valence-corrected chi connectivity index (χ1v) is 7.46. The summed E-state index contributed by atoms with van der Waals surface area (Å²) in [4.78, 5) is 20.0.